The second-order valence-corrected chi connectivity index (χ2v) is 15.6. The molecule has 0 bridgehead atoms. The molecular formula is C46H72NO11P. The van der Waals surface area contributed by atoms with E-state index in [0.29, 0.717) is 37.9 Å². The maximum atomic E-state index is 12.6. The first-order valence-electron chi connectivity index (χ1n) is 21.4. The van der Waals surface area contributed by atoms with Gasteiger partial charge in [-0.25, -0.2) is 4.57 Å². The zero-order chi connectivity index (χ0) is 43.2. The van der Waals surface area contributed by atoms with Crippen molar-refractivity contribution in [1.29, 1.82) is 0 Å². The Labute approximate surface area is 353 Å². The number of allylic oxidation sites excluding steroid dienone is 14. The van der Waals surface area contributed by atoms with Crippen LogP contribution in [0.15, 0.2) is 97.2 Å². The van der Waals surface area contributed by atoms with Gasteiger partial charge in [-0.1, -0.05) is 124 Å². The normalized spacial score (nSPS) is 18.1. The third kappa shape index (κ3) is 33.8. The summed E-state index contributed by atoms with van der Waals surface area (Å²) in [5.74, 6) is -2.55. The summed E-state index contributed by atoms with van der Waals surface area (Å²) in [5, 5.41) is 8.89. The van der Waals surface area contributed by atoms with Crippen molar-refractivity contribution in [2.45, 2.75) is 154 Å². The van der Waals surface area contributed by atoms with Gasteiger partial charge < -0.3 is 29.9 Å². The Morgan fingerprint density at radius 1 is 0.627 bits per heavy atom. The van der Waals surface area contributed by atoms with Crippen molar-refractivity contribution in [1.82, 2.24) is 0 Å². The van der Waals surface area contributed by atoms with E-state index in [9.17, 15) is 23.8 Å². The summed E-state index contributed by atoms with van der Waals surface area (Å²) >= 11 is 0. The smallest absolute Gasteiger partial charge is 0.472 e. The van der Waals surface area contributed by atoms with Crippen molar-refractivity contribution >= 4 is 25.7 Å². The molecule has 1 saturated heterocycles. The number of aliphatic carboxylic acids is 1. The van der Waals surface area contributed by atoms with Crippen LogP contribution in [-0.4, -0.2) is 72.1 Å². The Bertz CT molecular complexity index is 1430. The maximum absolute atomic E-state index is 12.6. The summed E-state index contributed by atoms with van der Waals surface area (Å²) in [7, 11) is -4.75. The second kappa shape index (κ2) is 36.2. The van der Waals surface area contributed by atoms with E-state index in [1.54, 1.807) is 0 Å². The molecule has 12 nitrogen and oxygen atoms in total. The van der Waals surface area contributed by atoms with E-state index in [1.807, 2.05) is 24.3 Å². The molecule has 1 aliphatic rings. The van der Waals surface area contributed by atoms with Crippen molar-refractivity contribution in [3.63, 3.8) is 0 Å². The van der Waals surface area contributed by atoms with Crippen LogP contribution in [0.3, 0.4) is 0 Å². The molecule has 1 heterocycles. The Balaban J connectivity index is 2.39. The van der Waals surface area contributed by atoms with Gasteiger partial charge in [0.05, 0.1) is 25.4 Å². The zero-order valence-corrected chi connectivity index (χ0v) is 36.4. The van der Waals surface area contributed by atoms with Crippen LogP contribution in [0.25, 0.3) is 0 Å². The molecule has 0 aliphatic carbocycles. The first-order chi connectivity index (χ1) is 28.6. The second-order valence-electron chi connectivity index (χ2n) is 14.1. The van der Waals surface area contributed by atoms with E-state index in [-0.39, 0.29) is 12.8 Å². The molecule has 0 radical (unpaired) electrons. The standard InChI is InChI=1S/C46H72NO11P/c1-3-5-7-9-11-12-13-14-15-16-17-18-19-20-23-28-32-36-45(49)57-40(38-55-59(52,53)56-39-41(47)46(50)51)37-54-44(48)35-31-27-24-21-22-26-30-34-43-42(58-43)33-29-25-10-8-6-4-2/h5,7,11-12,14-15,17-18,20-21,23-26,29-30,40-43H,3-4,6,8-10,13,16,19,22,27-28,31-39,47H2,1-2H3,(H,50,51)(H,52,53)/b7-5-,12-11-,15-14-,18-17-,23-20-,24-21-,29-25-,30-26-/t40-,41+,42?,43?/m1/s1. The summed E-state index contributed by atoms with van der Waals surface area (Å²) in [6, 6.07) is -1.55. The van der Waals surface area contributed by atoms with Gasteiger partial charge in [0.15, 0.2) is 6.10 Å². The molecule has 332 valence electrons. The molecule has 0 aromatic carbocycles. The molecule has 13 heteroatoms. The molecule has 59 heavy (non-hydrogen) atoms. The Morgan fingerprint density at radius 3 is 1.63 bits per heavy atom. The summed E-state index contributed by atoms with van der Waals surface area (Å²) in [6.07, 6.45) is 48.0. The van der Waals surface area contributed by atoms with Crippen LogP contribution in [0.2, 0.25) is 0 Å². The number of epoxide rings is 1. The number of unbranched alkanes of at least 4 members (excludes halogenated alkanes) is 5. The van der Waals surface area contributed by atoms with Crippen molar-refractivity contribution in [2.24, 2.45) is 5.73 Å². The molecule has 1 fully saturated rings. The SMILES string of the molecule is CC/C=C\C/C=C\C/C=C\C/C=C\C/C=C\CCCC(=O)O[C@H](COC(=O)CCC/C=C\C/C=C\CC1OC1C/C=C\CCCCC)COP(=O)(O)OC[C@H](N)C(=O)O. The Hall–Kier alpha value is -3.64. The molecule has 0 aromatic heterocycles. The number of ether oxygens (including phenoxy) is 3. The number of phosphoric ester groups is 1. The van der Waals surface area contributed by atoms with E-state index in [4.69, 9.17) is 29.6 Å². The molecule has 0 spiro atoms. The van der Waals surface area contributed by atoms with E-state index in [1.165, 1.54) is 19.3 Å². The predicted octanol–water partition coefficient (Wildman–Crippen LogP) is 10.3. The van der Waals surface area contributed by atoms with Crippen LogP contribution in [-0.2, 0) is 42.2 Å². The number of hydrogen-bond donors (Lipinski definition) is 3. The highest BCUT2D eigenvalue weighted by Crippen LogP contribution is 2.43. The van der Waals surface area contributed by atoms with Gasteiger partial charge in [0.1, 0.15) is 12.6 Å². The lowest BCUT2D eigenvalue weighted by atomic mass is 10.1. The average molecular weight is 846 g/mol. The summed E-state index contributed by atoms with van der Waals surface area (Å²) in [4.78, 5) is 45.9. The minimum absolute atomic E-state index is 0.0623. The highest BCUT2D eigenvalue weighted by atomic mass is 31.2. The van der Waals surface area contributed by atoms with Gasteiger partial charge in [0.25, 0.3) is 0 Å². The summed E-state index contributed by atoms with van der Waals surface area (Å²) in [5.41, 5.74) is 5.32. The van der Waals surface area contributed by atoms with E-state index in [0.717, 1.165) is 57.8 Å². The van der Waals surface area contributed by atoms with Crippen LogP contribution in [0.5, 0.6) is 0 Å². The van der Waals surface area contributed by atoms with Crippen LogP contribution in [0.4, 0.5) is 0 Å². The number of hydrogen-bond acceptors (Lipinski definition) is 10. The quantitative estimate of drug-likeness (QED) is 0.0177. The largest absolute Gasteiger partial charge is 0.480 e. The van der Waals surface area contributed by atoms with Gasteiger partial charge in [0.2, 0.25) is 0 Å². The summed E-state index contributed by atoms with van der Waals surface area (Å²) < 4.78 is 38.3. The van der Waals surface area contributed by atoms with Crippen LogP contribution in [0, 0.1) is 0 Å². The number of carboxylic acid groups (broad SMARTS) is 1. The van der Waals surface area contributed by atoms with Gasteiger partial charge in [-0.05, 0) is 89.9 Å². The highest BCUT2D eigenvalue weighted by Gasteiger charge is 2.36. The van der Waals surface area contributed by atoms with E-state index < -0.39 is 57.7 Å². The molecule has 3 unspecified atom stereocenters. The molecule has 1 aliphatic heterocycles. The third-order valence-electron chi connectivity index (χ3n) is 8.72. The molecular weight excluding hydrogens is 773 g/mol. The van der Waals surface area contributed by atoms with Crippen molar-refractivity contribution in [3.8, 4) is 0 Å². The lowest BCUT2D eigenvalue weighted by molar-refractivity contribution is -0.161. The van der Waals surface area contributed by atoms with Gasteiger partial charge >= 0.3 is 25.7 Å². The molecule has 4 N–H and O–H groups in total. The number of carbonyl (C=O) groups excluding carboxylic acids is 2. The third-order valence-corrected chi connectivity index (χ3v) is 9.67. The lowest BCUT2D eigenvalue weighted by Gasteiger charge is -2.20. The van der Waals surface area contributed by atoms with Gasteiger partial charge in [0, 0.05) is 12.8 Å². The fourth-order valence-electron chi connectivity index (χ4n) is 5.25. The van der Waals surface area contributed by atoms with Crippen LogP contribution in [0.1, 0.15) is 129 Å². The molecule has 0 aromatic rings. The fourth-order valence-corrected chi connectivity index (χ4v) is 6.03. The molecule has 1 rings (SSSR count). The van der Waals surface area contributed by atoms with Gasteiger partial charge in [-0.15, -0.1) is 0 Å². The van der Waals surface area contributed by atoms with E-state index in [2.05, 4.69) is 91.3 Å². The van der Waals surface area contributed by atoms with Crippen LogP contribution < -0.4 is 5.73 Å². The number of phosphoric acid groups is 1. The fraction of sp³-hybridized carbons (Fsp3) is 0.587. The number of nitrogens with two attached hydrogens (primary N) is 1. The van der Waals surface area contributed by atoms with Gasteiger partial charge in [-0.3, -0.25) is 23.4 Å². The van der Waals surface area contributed by atoms with Crippen molar-refractivity contribution in [2.75, 3.05) is 19.8 Å². The summed E-state index contributed by atoms with van der Waals surface area (Å²) in [6.45, 7) is 2.51. The van der Waals surface area contributed by atoms with E-state index >= 15 is 0 Å². The topological polar surface area (TPSA) is 184 Å². The Kier molecular flexibility index (Phi) is 32.8. The number of carbonyl (C=O) groups is 3. The van der Waals surface area contributed by atoms with Crippen molar-refractivity contribution in [3.05, 3.63) is 97.2 Å². The minimum Gasteiger partial charge on any atom is -0.480 e. The Morgan fingerprint density at radius 2 is 1.08 bits per heavy atom. The average Bonchev–Trinajstić information content (AvgIpc) is 3.97. The first-order valence-corrected chi connectivity index (χ1v) is 22.9. The van der Waals surface area contributed by atoms with Crippen LogP contribution >= 0.6 is 7.82 Å². The highest BCUT2D eigenvalue weighted by molar-refractivity contribution is 7.47. The van der Waals surface area contributed by atoms with Gasteiger partial charge in [-0.2, -0.15) is 0 Å². The monoisotopic (exact) mass is 845 g/mol. The maximum Gasteiger partial charge on any atom is 0.472 e. The number of esters is 2. The molecule has 5 atom stereocenters. The predicted molar refractivity (Wildman–Crippen MR) is 234 cm³/mol. The number of rotatable bonds is 37. The molecule has 0 amide bonds. The zero-order valence-electron chi connectivity index (χ0n) is 35.5. The lowest BCUT2D eigenvalue weighted by Crippen LogP contribution is -2.34. The first kappa shape index (κ1) is 53.4. The molecule has 0 saturated carbocycles. The van der Waals surface area contributed by atoms with Crippen molar-refractivity contribution < 1.29 is 52.2 Å². The minimum atomic E-state index is -4.75. The number of carboxylic acids is 1.